The Hall–Kier alpha value is -1.00. The third-order valence-electron chi connectivity index (χ3n) is 16.1. The molecule has 310 valence electrons. The summed E-state index contributed by atoms with van der Waals surface area (Å²) in [5.74, 6) is 1.03. The number of allylic oxidation sites excluding steroid dienone is 3. The molecule has 4 saturated carbocycles. The van der Waals surface area contributed by atoms with E-state index in [0.717, 1.165) is 51.4 Å². The summed E-state index contributed by atoms with van der Waals surface area (Å²) in [6.07, 6.45) is -5.12. The Kier molecular flexibility index (Phi) is 12.3. The van der Waals surface area contributed by atoms with Crippen LogP contribution >= 0.6 is 0 Å². The van der Waals surface area contributed by atoms with Crippen molar-refractivity contribution in [2.75, 3.05) is 13.2 Å². The van der Waals surface area contributed by atoms with E-state index in [0.29, 0.717) is 18.3 Å². The van der Waals surface area contributed by atoms with E-state index in [4.69, 9.17) is 18.9 Å². The number of aliphatic hydroxyl groups excluding tert-OH is 8. The van der Waals surface area contributed by atoms with Crippen molar-refractivity contribution in [2.45, 2.75) is 180 Å². The van der Waals surface area contributed by atoms with E-state index in [1.807, 2.05) is 0 Å². The van der Waals surface area contributed by atoms with Crippen LogP contribution in [0.3, 0.4) is 0 Å². The number of aliphatic hydroxyl groups is 8. The topological polar surface area (TPSA) is 199 Å². The molecule has 2 aliphatic heterocycles. The molecule has 0 aromatic carbocycles. The van der Waals surface area contributed by atoms with Crippen LogP contribution in [-0.2, 0) is 18.9 Å². The van der Waals surface area contributed by atoms with E-state index in [2.05, 4.69) is 61.1 Å². The summed E-state index contributed by atoms with van der Waals surface area (Å²) in [5.41, 5.74) is 2.12. The second-order valence-corrected chi connectivity index (χ2v) is 19.4. The molecule has 4 aliphatic carbocycles. The van der Waals surface area contributed by atoms with Crippen LogP contribution in [0, 0.1) is 45.3 Å². The van der Waals surface area contributed by atoms with Gasteiger partial charge in [-0.15, -0.1) is 0 Å². The molecular formula is C42H70O12. The van der Waals surface area contributed by atoms with Crippen LogP contribution < -0.4 is 0 Å². The molecular weight excluding hydrogens is 696 g/mol. The molecule has 0 aromatic heterocycles. The van der Waals surface area contributed by atoms with Gasteiger partial charge in [-0.05, 0) is 117 Å². The average molecular weight is 767 g/mol. The van der Waals surface area contributed by atoms with Crippen molar-refractivity contribution in [2.24, 2.45) is 45.3 Å². The SMILES string of the molecule is C=C(CCC=C(C)C)C1CC[C@]2(C)[C@@H]1[C@H](O)C[C@@H]1[C@@]3(C)CC[C@H](O[C@@H]4O[C@H](CO)[C@@H](O)[C@H](O)[C@H]4O[C@@H]4O[C@H](CO)[C@@H](O)[C@H](O)[C@H]4O)C(C)(C)[C@@H]3CC[C@]12C. The lowest BCUT2D eigenvalue weighted by molar-refractivity contribution is -0.378. The first-order valence-electron chi connectivity index (χ1n) is 20.5. The Morgan fingerprint density at radius 2 is 1.33 bits per heavy atom. The number of hydrogen-bond donors (Lipinski definition) is 8. The Morgan fingerprint density at radius 3 is 1.96 bits per heavy atom. The van der Waals surface area contributed by atoms with Crippen molar-refractivity contribution in [3.05, 3.63) is 23.8 Å². The van der Waals surface area contributed by atoms with Crippen molar-refractivity contribution in [1.29, 1.82) is 0 Å². The zero-order valence-corrected chi connectivity index (χ0v) is 33.5. The van der Waals surface area contributed by atoms with Crippen LogP contribution in [0.1, 0.15) is 106 Å². The van der Waals surface area contributed by atoms with Gasteiger partial charge in [-0.1, -0.05) is 58.4 Å². The zero-order chi connectivity index (χ0) is 39.7. The molecule has 0 radical (unpaired) electrons. The van der Waals surface area contributed by atoms with Crippen molar-refractivity contribution < 1.29 is 59.8 Å². The van der Waals surface area contributed by atoms with Gasteiger partial charge in [0.25, 0.3) is 0 Å². The maximum atomic E-state index is 12.1. The highest BCUT2D eigenvalue weighted by atomic mass is 16.8. The minimum atomic E-state index is -1.74. The molecule has 2 heterocycles. The third-order valence-corrected chi connectivity index (χ3v) is 16.1. The van der Waals surface area contributed by atoms with Crippen molar-refractivity contribution >= 4 is 0 Å². The first kappa shape index (κ1) is 42.6. The second-order valence-electron chi connectivity index (χ2n) is 19.4. The summed E-state index contributed by atoms with van der Waals surface area (Å²) in [6.45, 7) is 19.4. The van der Waals surface area contributed by atoms with Crippen molar-refractivity contribution in [1.82, 2.24) is 0 Å². The van der Waals surface area contributed by atoms with Gasteiger partial charge in [0.1, 0.15) is 48.8 Å². The highest BCUT2D eigenvalue weighted by molar-refractivity contribution is 5.22. The molecule has 0 bridgehead atoms. The van der Waals surface area contributed by atoms with Crippen LogP contribution in [-0.4, -0.2) is 128 Å². The lowest BCUT2D eigenvalue weighted by Crippen LogP contribution is -2.67. The van der Waals surface area contributed by atoms with Crippen molar-refractivity contribution in [3.8, 4) is 0 Å². The molecule has 0 aromatic rings. The van der Waals surface area contributed by atoms with Crippen LogP contribution in [0.2, 0.25) is 0 Å². The highest BCUT2D eigenvalue weighted by Crippen LogP contribution is 2.75. The molecule has 6 fully saturated rings. The number of rotatable bonds is 10. The third kappa shape index (κ3) is 6.89. The van der Waals surface area contributed by atoms with Crippen LogP contribution in [0.15, 0.2) is 23.8 Å². The molecule has 6 rings (SSSR count). The Labute approximate surface area is 321 Å². The van der Waals surface area contributed by atoms with Crippen LogP contribution in [0.25, 0.3) is 0 Å². The summed E-state index contributed by atoms with van der Waals surface area (Å²) in [6, 6.07) is 0. The highest BCUT2D eigenvalue weighted by Gasteiger charge is 2.70. The van der Waals surface area contributed by atoms with Gasteiger partial charge in [0, 0.05) is 0 Å². The smallest absolute Gasteiger partial charge is 0.187 e. The van der Waals surface area contributed by atoms with E-state index in [1.54, 1.807) is 0 Å². The van der Waals surface area contributed by atoms with E-state index in [-0.39, 0.29) is 34.2 Å². The van der Waals surface area contributed by atoms with E-state index in [9.17, 15) is 40.9 Å². The molecule has 19 atom stereocenters. The fourth-order valence-electron chi connectivity index (χ4n) is 13.0. The number of ether oxygens (including phenoxy) is 4. The molecule has 1 unspecified atom stereocenters. The van der Waals surface area contributed by atoms with E-state index < -0.39 is 86.1 Å². The van der Waals surface area contributed by atoms with Gasteiger partial charge in [-0.25, -0.2) is 0 Å². The van der Waals surface area contributed by atoms with E-state index >= 15 is 0 Å². The Bertz CT molecular complexity index is 1370. The first-order valence-corrected chi connectivity index (χ1v) is 20.5. The van der Waals surface area contributed by atoms with Gasteiger partial charge in [-0.3, -0.25) is 0 Å². The quantitative estimate of drug-likeness (QED) is 0.120. The number of hydrogen-bond acceptors (Lipinski definition) is 12. The predicted octanol–water partition coefficient (Wildman–Crippen LogP) is 2.95. The zero-order valence-electron chi connectivity index (χ0n) is 33.5. The minimum absolute atomic E-state index is 0.0217. The van der Waals surface area contributed by atoms with Gasteiger partial charge >= 0.3 is 0 Å². The molecule has 0 spiro atoms. The van der Waals surface area contributed by atoms with E-state index in [1.165, 1.54) is 11.1 Å². The number of fused-ring (bicyclic) bond motifs is 5. The lowest BCUT2D eigenvalue weighted by Gasteiger charge is -2.70. The second kappa shape index (κ2) is 15.6. The summed E-state index contributed by atoms with van der Waals surface area (Å²) in [5, 5.41) is 85.4. The summed E-state index contributed by atoms with van der Waals surface area (Å²) in [7, 11) is 0. The summed E-state index contributed by atoms with van der Waals surface area (Å²) < 4.78 is 24.4. The largest absolute Gasteiger partial charge is 0.394 e. The maximum Gasteiger partial charge on any atom is 0.187 e. The Balaban J connectivity index is 1.22. The van der Waals surface area contributed by atoms with Gasteiger partial charge < -0.3 is 59.8 Å². The molecule has 12 nitrogen and oxygen atoms in total. The molecule has 8 N–H and O–H groups in total. The van der Waals surface area contributed by atoms with Crippen LogP contribution in [0.4, 0.5) is 0 Å². The fourth-order valence-corrected chi connectivity index (χ4v) is 13.0. The standard InChI is InChI=1S/C42H70O12/c1-21(2)10-9-11-22(3)23-12-16-42(8)30(23)24(45)18-28-40(6)15-14-29(39(4,5)27(40)13-17-41(28,42)7)53-38-36(34(49)32(47)26(20-44)52-38)54-37-35(50)33(48)31(46)25(19-43)51-37/h10,23-38,43-50H,3,9,11-20H2,1-2,4-8H3/t23?,24-,25-,26-,27+,28-,29+,30+,31-,32-,33+,34+,35-,36-,37+,38+,40+,41-,42-/m1/s1. The first-order chi connectivity index (χ1) is 25.3. The Morgan fingerprint density at radius 1 is 0.722 bits per heavy atom. The normalized spacial score (nSPS) is 51.5. The molecule has 54 heavy (non-hydrogen) atoms. The molecule has 6 aliphatic rings. The van der Waals surface area contributed by atoms with Gasteiger partial charge in [-0.2, -0.15) is 0 Å². The summed E-state index contributed by atoms with van der Waals surface area (Å²) in [4.78, 5) is 0. The monoisotopic (exact) mass is 766 g/mol. The molecule has 0 amide bonds. The maximum absolute atomic E-state index is 12.1. The average Bonchev–Trinajstić information content (AvgIpc) is 3.49. The van der Waals surface area contributed by atoms with Crippen molar-refractivity contribution in [3.63, 3.8) is 0 Å². The molecule has 2 saturated heterocycles. The van der Waals surface area contributed by atoms with Gasteiger partial charge in [0.2, 0.25) is 0 Å². The van der Waals surface area contributed by atoms with Crippen LogP contribution in [0.5, 0.6) is 0 Å². The fraction of sp³-hybridized carbons (Fsp3) is 0.905. The van der Waals surface area contributed by atoms with Gasteiger partial charge in [0.05, 0.1) is 25.4 Å². The predicted molar refractivity (Wildman–Crippen MR) is 199 cm³/mol. The molecule has 12 heteroatoms. The lowest BCUT2D eigenvalue weighted by atomic mass is 9.35. The summed E-state index contributed by atoms with van der Waals surface area (Å²) >= 11 is 0. The minimum Gasteiger partial charge on any atom is -0.394 e. The van der Waals surface area contributed by atoms with Gasteiger partial charge in [0.15, 0.2) is 12.6 Å².